The summed E-state index contributed by atoms with van der Waals surface area (Å²) >= 11 is 1.54. The van der Waals surface area contributed by atoms with Crippen LogP contribution >= 0.6 is 11.8 Å². The van der Waals surface area contributed by atoms with Crippen LogP contribution in [0.3, 0.4) is 0 Å². The number of carboxylic acid groups (broad SMARTS) is 1. The Bertz CT molecular complexity index is 509. The number of aliphatic carboxylic acids is 1. The second-order valence-corrected chi connectivity index (χ2v) is 6.56. The molecule has 19 heavy (non-hydrogen) atoms. The molecule has 3 heterocycles. The van der Waals surface area contributed by atoms with Crippen molar-refractivity contribution in [2.45, 2.75) is 36.1 Å². The number of carboxylic acids is 1. The molecule has 0 saturated carbocycles. The number of aromatic nitrogens is 2. The molecule has 8 heteroatoms. The first kappa shape index (κ1) is 14.9. The van der Waals surface area contributed by atoms with Crippen LogP contribution in [-0.4, -0.2) is 42.5 Å². The van der Waals surface area contributed by atoms with Gasteiger partial charge in [0.05, 0.1) is 34.9 Å². The molecule has 2 aliphatic rings. The number of hydrogen-bond donors (Lipinski definition) is 0. The van der Waals surface area contributed by atoms with Crippen molar-refractivity contribution in [2.75, 3.05) is 0 Å². The van der Waals surface area contributed by atoms with Gasteiger partial charge in [0.1, 0.15) is 0 Å². The minimum atomic E-state index is -1.18. The average Bonchev–Trinajstić information content (AvgIpc) is 2.83. The van der Waals surface area contributed by atoms with Gasteiger partial charge in [-0.15, -0.1) is 11.8 Å². The van der Waals surface area contributed by atoms with E-state index in [1.807, 2.05) is 11.5 Å². The van der Waals surface area contributed by atoms with Gasteiger partial charge in [0.25, 0.3) is 0 Å². The zero-order chi connectivity index (χ0) is 12.9. The molecule has 0 unspecified atom stereocenters. The van der Waals surface area contributed by atoms with E-state index in [0.717, 1.165) is 0 Å². The Morgan fingerprint density at radius 1 is 1.68 bits per heavy atom. The molecule has 0 aromatic carbocycles. The standard InChI is InChI=1S/C11H13N3O3S.Na/c1-11(5-13-3-2-12-6-13)9(10(16)17)14-7(15)4-8(14)18-11;/h2-3,6,8-9H,4-5H2,1H3,(H,16,17);/q;+1/p-1/t8-,9+,11+;/m1./s1. The van der Waals surface area contributed by atoms with Crippen molar-refractivity contribution in [1.29, 1.82) is 0 Å². The monoisotopic (exact) mass is 289 g/mol. The molecule has 3 rings (SSSR count). The van der Waals surface area contributed by atoms with Crippen LogP contribution in [0.5, 0.6) is 0 Å². The summed E-state index contributed by atoms with van der Waals surface area (Å²) in [5.74, 6) is -1.28. The molecule has 6 nitrogen and oxygen atoms in total. The Morgan fingerprint density at radius 2 is 2.42 bits per heavy atom. The summed E-state index contributed by atoms with van der Waals surface area (Å²) in [6.07, 6.45) is 5.51. The number of fused-ring (bicyclic) bond motifs is 1. The van der Waals surface area contributed by atoms with E-state index in [4.69, 9.17) is 0 Å². The van der Waals surface area contributed by atoms with Gasteiger partial charge in [-0.25, -0.2) is 4.98 Å². The van der Waals surface area contributed by atoms with Crippen LogP contribution in [0.15, 0.2) is 18.7 Å². The third kappa shape index (κ3) is 2.33. The maximum Gasteiger partial charge on any atom is 1.00 e. The van der Waals surface area contributed by atoms with Crippen molar-refractivity contribution in [3.8, 4) is 0 Å². The quantitative estimate of drug-likeness (QED) is 0.419. The van der Waals surface area contributed by atoms with Gasteiger partial charge in [0, 0.05) is 18.9 Å². The number of hydrogen-bond acceptors (Lipinski definition) is 5. The molecular formula is C11H12N3NaO3S. The summed E-state index contributed by atoms with van der Waals surface area (Å²) in [6.45, 7) is 2.36. The molecule has 0 bridgehead atoms. The van der Waals surface area contributed by atoms with Crippen LogP contribution < -0.4 is 34.7 Å². The number of imidazole rings is 1. The molecule has 0 radical (unpaired) electrons. The van der Waals surface area contributed by atoms with E-state index in [0.29, 0.717) is 13.0 Å². The van der Waals surface area contributed by atoms with Crippen molar-refractivity contribution < 1.29 is 44.3 Å². The summed E-state index contributed by atoms with van der Waals surface area (Å²) < 4.78 is 1.26. The fourth-order valence-electron chi connectivity index (χ4n) is 2.71. The van der Waals surface area contributed by atoms with Gasteiger partial charge in [0.2, 0.25) is 5.91 Å². The molecule has 1 aromatic heterocycles. The predicted molar refractivity (Wildman–Crippen MR) is 62.3 cm³/mol. The summed E-state index contributed by atoms with van der Waals surface area (Å²) in [6, 6.07) is -0.865. The Morgan fingerprint density at radius 3 is 2.95 bits per heavy atom. The third-order valence-electron chi connectivity index (χ3n) is 3.49. The van der Waals surface area contributed by atoms with E-state index in [1.165, 1.54) is 16.7 Å². The van der Waals surface area contributed by atoms with Gasteiger partial charge in [-0.1, -0.05) is 0 Å². The number of nitrogens with zero attached hydrogens (tertiary/aromatic N) is 3. The van der Waals surface area contributed by atoms with Gasteiger partial charge in [-0.3, -0.25) is 4.79 Å². The number of carbonyl (C=O) groups is 2. The number of β-lactam (4-membered cyclic amide) rings is 1. The summed E-state index contributed by atoms with van der Waals surface area (Å²) in [5, 5.41) is 11.3. The Labute approximate surface area is 136 Å². The number of rotatable bonds is 3. The summed E-state index contributed by atoms with van der Waals surface area (Å²) in [5.41, 5.74) is 0. The van der Waals surface area contributed by atoms with Gasteiger partial charge in [-0.2, -0.15) is 0 Å². The molecule has 96 valence electrons. The first-order valence-corrected chi connectivity index (χ1v) is 6.55. The van der Waals surface area contributed by atoms with E-state index in [2.05, 4.69) is 4.98 Å². The van der Waals surface area contributed by atoms with Crippen LogP contribution in [0.2, 0.25) is 0 Å². The van der Waals surface area contributed by atoms with Gasteiger partial charge in [0.15, 0.2) is 0 Å². The first-order chi connectivity index (χ1) is 8.51. The van der Waals surface area contributed by atoms with Crippen LogP contribution in [0.25, 0.3) is 0 Å². The second kappa shape index (κ2) is 5.12. The molecule has 1 amide bonds. The Hall–Kier alpha value is -0.500. The van der Waals surface area contributed by atoms with Crippen molar-refractivity contribution in [1.82, 2.24) is 14.5 Å². The van der Waals surface area contributed by atoms with Crippen molar-refractivity contribution >= 4 is 23.6 Å². The maximum absolute atomic E-state index is 11.5. The van der Waals surface area contributed by atoms with Crippen LogP contribution in [-0.2, 0) is 16.1 Å². The molecule has 0 aliphatic carbocycles. The van der Waals surface area contributed by atoms with E-state index in [-0.39, 0.29) is 40.8 Å². The van der Waals surface area contributed by atoms with Gasteiger partial charge in [-0.05, 0) is 6.92 Å². The fourth-order valence-corrected chi connectivity index (χ4v) is 4.47. The van der Waals surface area contributed by atoms with Crippen LogP contribution in [0.4, 0.5) is 0 Å². The first-order valence-electron chi connectivity index (χ1n) is 5.67. The number of thioether (sulfide) groups is 1. The summed E-state index contributed by atoms with van der Waals surface area (Å²) in [4.78, 5) is 28.2. The van der Waals surface area contributed by atoms with E-state index < -0.39 is 16.8 Å². The minimum Gasteiger partial charge on any atom is -0.548 e. The molecule has 0 spiro atoms. The average molecular weight is 289 g/mol. The number of carbonyl (C=O) groups excluding carboxylic acids is 2. The number of amides is 1. The Kier molecular flexibility index (Phi) is 4.02. The molecule has 0 N–H and O–H groups in total. The van der Waals surface area contributed by atoms with E-state index in [9.17, 15) is 14.7 Å². The van der Waals surface area contributed by atoms with E-state index in [1.54, 1.807) is 18.7 Å². The molecule has 1 aromatic rings. The molecule has 2 aliphatic heterocycles. The molecule has 2 fully saturated rings. The molecule has 3 atom stereocenters. The zero-order valence-corrected chi connectivity index (χ0v) is 13.6. The van der Waals surface area contributed by atoms with Crippen molar-refractivity contribution in [2.24, 2.45) is 0 Å². The normalized spacial score (nSPS) is 32.5. The van der Waals surface area contributed by atoms with Crippen molar-refractivity contribution in [3.63, 3.8) is 0 Å². The van der Waals surface area contributed by atoms with Crippen molar-refractivity contribution in [3.05, 3.63) is 18.7 Å². The van der Waals surface area contributed by atoms with Crippen LogP contribution in [0, 0.1) is 0 Å². The SMILES string of the molecule is C[C@@]1(Cn2ccnc2)S[C@@H]2CC(=O)N2[C@H]1C(=O)[O-].[Na+]. The predicted octanol–water partition coefficient (Wildman–Crippen LogP) is -3.93. The topological polar surface area (TPSA) is 78.3 Å². The smallest absolute Gasteiger partial charge is 0.548 e. The van der Waals surface area contributed by atoms with E-state index >= 15 is 0 Å². The summed E-state index contributed by atoms with van der Waals surface area (Å²) in [7, 11) is 0. The maximum atomic E-state index is 11.5. The van der Waals surface area contributed by atoms with Crippen LogP contribution in [0.1, 0.15) is 13.3 Å². The van der Waals surface area contributed by atoms with Gasteiger partial charge >= 0.3 is 29.6 Å². The fraction of sp³-hybridized carbons (Fsp3) is 0.545. The largest absolute Gasteiger partial charge is 1.00 e. The molecule has 2 saturated heterocycles. The second-order valence-electron chi connectivity index (χ2n) is 4.85. The Balaban J connectivity index is 0.00000133. The molecular weight excluding hydrogens is 277 g/mol. The van der Waals surface area contributed by atoms with Gasteiger partial charge < -0.3 is 19.4 Å². The zero-order valence-electron chi connectivity index (χ0n) is 10.8. The third-order valence-corrected chi connectivity index (χ3v) is 5.04. The minimum absolute atomic E-state index is 0.